The number of piperidine rings is 1. The molecule has 1 fully saturated rings. The summed E-state index contributed by atoms with van der Waals surface area (Å²) in [4.78, 5) is 4.24. The first-order valence-corrected chi connectivity index (χ1v) is 5.88. The van der Waals surface area contributed by atoms with Gasteiger partial charge >= 0.3 is 0 Å². The van der Waals surface area contributed by atoms with Gasteiger partial charge in [-0.15, -0.1) is 10.2 Å². The van der Waals surface area contributed by atoms with Crippen molar-refractivity contribution >= 4 is 5.65 Å². The number of nitrogens with one attached hydrogen (secondary N) is 1. The van der Waals surface area contributed by atoms with E-state index < -0.39 is 0 Å². The van der Waals surface area contributed by atoms with E-state index in [1.165, 1.54) is 0 Å². The van der Waals surface area contributed by atoms with E-state index in [0.717, 1.165) is 31.8 Å². The van der Waals surface area contributed by atoms with Crippen molar-refractivity contribution in [3.8, 4) is 5.88 Å². The van der Waals surface area contributed by atoms with Crippen molar-refractivity contribution in [2.24, 2.45) is 0 Å². The molecule has 3 heterocycles. The Kier molecular flexibility index (Phi) is 2.64. The summed E-state index contributed by atoms with van der Waals surface area (Å²) in [6.07, 6.45) is 5.94. The molecule has 0 amide bonds. The highest BCUT2D eigenvalue weighted by atomic mass is 16.5. The van der Waals surface area contributed by atoms with Crippen LogP contribution in [0.5, 0.6) is 5.88 Å². The Bertz CT molecular complexity index is 518. The van der Waals surface area contributed by atoms with E-state index in [9.17, 15) is 0 Å². The van der Waals surface area contributed by atoms with Crippen LogP contribution < -0.4 is 10.1 Å². The molecule has 2 aromatic rings. The molecule has 1 aliphatic rings. The minimum absolute atomic E-state index is 0.180. The van der Waals surface area contributed by atoms with Crippen LogP contribution in [0.1, 0.15) is 18.7 Å². The standard InChI is InChI=1S/C11H15N5O/c1-8-14-15-10-11(13-5-6-16(8)10)17-9-3-2-4-12-7-9/h5-6,9,12H,2-4,7H2,1H3/t9-/m0/s1. The second kappa shape index (κ2) is 4.29. The second-order valence-electron chi connectivity index (χ2n) is 4.26. The third-order valence-corrected chi connectivity index (χ3v) is 3.00. The summed E-state index contributed by atoms with van der Waals surface area (Å²) in [5, 5.41) is 11.4. The van der Waals surface area contributed by atoms with Crippen molar-refractivity contribution in [1.82, 2.24) is 24.9 Å². The molecular formula is C11H15N5O. The molecule has 6 nitrogen and oxygen atoms in total. The summed E-state index contributed by atoms with van der Waals surface area (Å²) >= 11 is 0. The lowest BCUT2D eigenvalue weighted by Crippen LogP contribution is -2.37. The minimum Gasteiger partial charge on any atom is -0.470 e. The van der Waals surface area contributed by atoms with Crippen LogP contribution >= 0.6 is 0 Å². The van der Waals surface area contributed by atoms with Crippen molar-refractivity contribution < 1.29 is 4.74 Å². The summed E-state index contributed by atoms with van der Waals surface area (Å²) in [6, 6.07) is 0. The maximum Gasteiger partial charge on any atom is 0.260 e. The predicted octanol–water partition coefficient (Wildman–Crippen LogP) is 0.564. The quantitative estimate of drug-likeness (QED) is 0.821. The van der Waals surface area contributed by atoms with Gasteiger partial charge in [0.25, 0.3) is 5.88 Å². The van der Waals surface area contributed by atoms with E-state index in [1.807, 2.05) is 17.5 Å². The van der Waals surface area contributed by atoms with Crippen LogP contribution in [0, 0.1) is 6.92 Å². The lowest BCUT2D eigenvalue weighted by Gasteiger charge is -2.23. The Balaban J connectivity index is 1.89. The molecule has 0 saturated carbocycles. The van der Waals surface area contributed by atoms with Gasteiger partial charge in [-0.2, -0.15) is 0 Å². The summed E-state index contributed by atoms with van der Waals surface area (Å²) in [7, 11) is 0. The minimum atomic E-state index is 0.180. The van der Waals surface area contributed by atoms with Crippen LogP contribution in [0.3, 0.4) is 0 Å². The average Bonchev–Trinajstić information content (AvgIpc) is 2.74. The Hall–Kier alpha value is -1.69. The zero-order valence-electron chi connectivity index (χ0n) is 9.76. The van der Waals surface area contributed by atoms with Gasteiger partial charge in [-0.3, -0.25) is 4.40 Å². The van der Waals surface area contributed by atoms with E-state index in [-0.39, 0.29) is 6.10 Å². The third kappa shape index (κ3) is 1.95. The highest BCUT2D eigenvalue weighted by molar-refractivity contribution is 5.48. The molecule has 2 aromatic heterocycles. The van der Waals surface area contributed by atoms with Gasteiger partial charge in [0.05, 0.1) is 0 Å². The smallest absolute Gasteiger partial charge is 0.260 e. The highest BCUT2D eigenvalue weighted by Gasteiger charge is 2.17. The van der Waals surface area contributed by atoms with Crippen molar-refractivity contribution in [2.45, 2.75) is 25.9 Å². The third-order valence-electron chi connectivity index (χ3n) is 3.00. The average molecular weight is 233 g/mol. The van der Waals surface area contributed by atoms with Gasteiger partial charge in [0.15, 0.2) is 0 Å². The van der Waals surface area contributed by atoms with E-state index in [4.69, 9.17) is 4.74 Å². The number of fused-ring (bicyclic) bond motifs is 1. The van der Waals surface area contributed by atoms with Crippen molar-refractivity contribution in [1.29, 1.82) is 0 Å². The summed E-state index contributed by atoms with van der Waals surface area (Å²) in [5.74, 6) is 1.41. The Labute approximate surface area is 99.0 Å². The molecule has 17 heavy (non-hydrogen) atoms. The molecule has 0 aliphatic carbocycles. The molecule has 0 bridgehead atoms. The topological polar surface area (TPSA) is 64.3 Å². The van der Waals surface area contributed by atoms with Gasteiger partial charge in [-0.1, -0.05) is 0 Å². The van der Waals surface area contributed by atoms with Crippen LogP contribution in [0.15, 0.2) is 12.4 Å². The fourth-order valence-corrected chi connectivity index (χ4v) is 2.08. The number of rotatable bonds is 2. The molecule has 1 aliphatic heterocycles. The van der Waals surface area contributed by atoms with Crippen molar-refractivity contribution in [3.05, 3.63) is 18.2 Å². The Morgan fingerprint density at radius 3 is 3.24 bits per heavy atom. The molecule has 0 unspecified atom stereocenters. The van der Waals surface area contributed by atoms with Crippen LogP contribution in [0.2, 0.25) is 0 Å². The highest BCUT2D eigenvalue weighted by Crippen LogP contribution is 2.18. The molecule has 0 radical (unpaired) electrons. The molecule has 0 aromatic carbocycles. The van der Waals surface area contributed by atoms with Crippen LogP contribution in [-0.4, -0.2) is 38.8 Å². The molecule has 90 valence electrons. The fourth-order valence-electron chi connectivity index (χ4n) is 2.08. The summed E-state index contributed by atoms with van der Waals surface area (Å²) in [5.41, 5.74) is 0.690. The number of hydrogen-bond acceptors (Lipinski definition) is 5. The fraction of sp³-hybridized carbons (Fsp3) is 0.545. The SMILES string of the molecule is Cc1nnc2c(O[C@H]3CCCNC3)nccn12. The largest absolute Gasteiger partial charge is 0.470 e. The molecule has 1 N–H and O–H groups in total. The van der Waals surface area contributed by atoms with Gasteiger partial charge in [-0.05, 0) is 26.3 Å². The first-order chi connectivity index (χ1) is 8.34. The number of ether oxygens (including phenoxy) is 1. The lowest BCUT2D eigenvalue weighted by molar-refractivity contribution is 0.162. The van der Waals surface area contributed by atoms with Crippen molar-refractivity contribution in [2.75, 3.05) is 13.1 Å². The summed E-state index contributed by atoms with van der Waals surface area (Å²) in [6.45, 7) is 3.85. The Morgan fingerprint density at radius 1 is 1.47 bits per heavy atom. The first-order valence-electron chi connectivity index (χ1n) is 5.88. The van der Waals surface area contributed by atoms with Gasteiger partial charge < -0.3 is 10.1 Å². The van der Waals surface area contributed by atoms with E-state index in [1.54, 1.807) is 6.20 Å². The van der Waals surface area contributed by atoms with E-state index in [2.05, 4.69) is 20.5 Å². The van der Waals surface area contributed by atoms with E-state index >= 15 is 0 Å². The monoisotopic (exact) mass is 233 g/mol. The van der Waals surface area contributed by atoms with Crippen LogP contribution in [-0.2, 0) is 0 Å². The number of hydrogen-bond donors (Lipinski definition) is 1. The van der Waals surface area contributed by atoms with Crippen LogP contribution in [0.4, 0.5) is 0 Å². The molecule has 1 saturated heterocycles. The number of aryl methyl sites for hydroxylation is 1. The first kappa shape index (κ1) is 10.5. The molecular weight excluding hydrogens is 218 g/mol. The molecule has 6 heteroatoms. The van der Waals surface area contributed by atoms with Crippen LogP contribution in [0.25, 0.3) is 5.65 Å². The molecule has 3 rings (SSSR count). The maximum atomic E-state index is 5.88. The van der Waals surface area contributed by atoms with Gasteiger partial charge in [0, 0.05) is 18.9 Å². The van der Waals surface area contributed by atoms with Gasteiger partial charge in [0.1, 0.15) is 11.9 Å². The number of nitrogens with zero attached hydrogens (tertiary/aromatic N) is 4. The Morgan fingerprint density at radius 2 is 2.41 bits per heavy atom. The number of aromatic nitrogens is 4. The zero-order chi connectivity index (χ0) is 11.7. The lowest BCUT2D eigenvalue weighted by atomic mass is 10.1. The predicted molar refractivity (Wildman–Crippen MR) is 62.0 cm³/mol. The summed E-state index contributed by atoms with van der Waals surface area (Å²) < 4.78 is 7.77. The normalized spacial score (nSPS) is 20.6. The molecule has 1 atom stereocenters. The second-order valence-corrected chi connectivity index (χ2v) is 4.26. The molecule has 0 spiro atoms. The zero-order valence-corrected chi connectivity index (χ0v) is 9.76. The van der Waals surface area contributed by atoms with Crippen molar-refractivity contribution in [3.63, 3.8) is 0 Å². The maximum absolute atomic E-state index is 5.88. The van der Waals surface area contributed by atoms with E-state index in [0.29, 0.717) is 11.5 Å². The van der Waals surface area contributed by atoms with Gasteiger partial charge in [-0.25, -0.2) is 4.98 Å². The van der Waals surface area contributed by atoms with Gasteiger partial charge in [0.2, 0.25) is 5.65 Å².